The van der Waals surface area contributed by atoms with E-state index in [4.69, 9.17) is 0 Å². The highest BCUT2D eigenvalue weighted by Crippen LogP contribution is 2.18. The Hall–Kier alpha value is -3.02. The van der Waals surface area contributed by atoms with Gasteiger partial charge >= 0.3 is 0 Å². The van der Waals surface area contributed by atoms with Crippen molar-refractivity contribution in [1.29, 1.82) is 0 Å². The van der Waals surface area contributed by atoms with Crippen molar-refractivity contribution in [2.24, 2.45) is 0 Å². The Morgan fingerprint density at radius 3 is 2.12 bits per heavy atom. The summed E-state index contributed by atoms with van der Waals surface area (Å²) in [6.07, 6.45) is 0. The van der Waals surface area contributed by atoms with Crippen LogP contribution in [0.25, 0.3) is 0 Å². The fraction of sp³-hybridized carbons (Fsp3) is 0. The first kappa shape index (κ1) is 15.9. The van der Waals surface area contributed by atoms with Crippen molar-refractivity contribution >= 4 is 17.2 Å². The van der Waals surface area contributed by atoms with E-state index >= 15 is 0 Å². The van der Waals surface area contributed by atoms with Gasteiger partial charge in [0.15, 0.2) is 5.69 Å². The number of rotatable bonds is 5. The molecule has 0 radical (unpaired) electrons. The molecular weight excluding hydrogens is 307 g/mol. The van der Waals surface area contributed by atoms with Crippen LogP contribution in [0, 0.1) is 11.0 Å². The second-order valence-corrected chi connectivity index (χ2v) is 5.17. The van der Waals surface area contributed by atoms with Crippen LogP contribution in [0.5, 0.6) is 0 Å². The lowest BCUT2D eigenvalue weighted by molar-refractivity contribution is -0.749. The highest BCUT2D eigenvalue weighted by Gasteiger charge is 2.20. The first-order valence-electron chi connectivity index (χ1n) is 7.41. The van der Waals surface area contributed by atoms with Crippen LogP contribution in [0.3, 0.4) is 0 Å². The molecule has 2 N–H and O–H groups in total. The molecule has 3 rings (SSSR count). The van der Waals surface area contributed by atoms with Crippen LogP contribution in [0.4, 0.5) is 15.8 Å². The Labute approximate surface area is 138 Å². The number of hydrogen-bond acceptors (Lipinski definition) is 3. The SMILES string of the molecule is O=C(c1ccccc1F)c1ccccc1[NH+]([O-])Nc1ccccc1. The van der Waals surface area contributed by atoms with Gasteiger partial charge in [0.2, 0.25) is 5.78 Å². The second-order valence-electron chi connectivity index (χ2n) is 5.17. The molecule has 5 heteroatoms. The minimum absolute atomic E-state index is 0.0579. The molecule has 0 aliphatic carbocycles. The number of carbonyl (C=O) groups excluding carboxylic acids is 1. The van der Waals surface area contributed by atoms with Gasteiger partial charge in [-0.3, -0.25) is 4.79 Å². The highest BCUT2D eigenvalue weighted by atomic mass is 19.1. The molecular formula is C19H15FN2O2. The van der Waals surface area contributed by atoms with Crippen LogP contribution in [0.15, 0.2) is 78.9 Å². The first-order chi connectivity index (χ1) is 11.7. The molecule has 0 aromatic heterocycles. The number of quaternary nitrogens is 1. The van der Waals surface area contributed by atoms with E-state index in [2.05, 4.69) is 5.43 Å². The number of nitrogens with one attached hydrogen (secondary N) is 2. The molecule has 0 saturated heterocycles. The van der Waals surface area contributed by atoms with E-state index < -0.39 is 16.8 Å². The summed E-state index contributed by atoms with van der Waals surface area (Å²) in [5, 5.41) is 12.1. The lowest BCUT2D eigenvalue weighted by Gasteiger charge is -2.24. The normalized spacial score (nSPS) is 11.8. The van der Waals surface area contributed by atoms with Crippen molar-refractivity contribution in [2.75, 3.05) is 5.43 Å². The molecule has 3 aromatic carbocycles. The molecule has 120 valence electrons. The average molecular weight is 322 g/mol. The Balaban J connectivity index is 1.93. The minimum Gasteiger partial charge on any atom is -0.603 e. The third kappa shape index (κ3) is 3.32. The molecule has 0 amide bonds. The smallest absolute Gasteiger partial charge is 0.202 e. The zero-order chi connectivity index (χ0) is 16.9. The number of carbonyl (C=O) groups is 1. The van der Waals surface area contributed by atoms with Crippen LogP contribution in [0.1, 0.15) is 15.9 Å². The van der Waals surface area contributed by atoms with Crippen LogP contribution in [0.2, 0.25) is 0 Å². The predicted molar refractivity (Wildman–Crippen MR) is 90.3 cm³/mol. The monoisotopic (exact) mass is 322 g/mol. The standard InChI is InChI=1S/C19H15FN2O2/c20-17-12-6-4-10-15(17)19(23)16-11-5-7-13-18(16)22(24)21-14-8-2-1-3-9-14/h1-13,21-22H. The van der Waals surface area contributed by atoms with Gasteiger partial charge in [-0.2, -0.15) is 0 Å². The van der Waals surface area contributed by atoms with E-state index in [1.54, 1.807) is 48.5 Å². The molecule has 0 spiro atoms. The van der Waals surface area contributed by atoms with Gasteiger partial charge in [-0.1, -0.05) is 42.5 Å². The average Bonchev–Trinajstić information content (AvgIpc) is 2.62. The zero-order valence-corrected chi connectivity index (χ0v) is 12.7. The summed E-state index contributed by atoms with van der Waals surface area (Å²) in [7, 11) is 0. The third-order valence-corrected chi connectivity index (χ3v) is 3.57. The van der Waals surface area contributed by atoms with E-state index in [0.29, 0.717) is 5.69 Å². The van der Waals surface area contributed by atoms with Gasteiger partial charge < -0.3 is 5.21 Å². The Morgan fingerprint density at radius 2 is 1.42 bits per heavy atom. The fourth-order valence-corrected chi connectivity index (χ4v) is 2.39. The molecule has 3 aromatic rings. The van der Waals surface area contributed by atoms with Gasteiger partial charge in [0, 0.05) is 6.07 Å². The molecule has 24 heavy (non-hydrogen) atoms. The molecule has 0 fully saturated rings. The Bertz CT molecular complexity index is 853. The van der Waals surface area contributed by atoms with Crippen molar-refractivity contribution in [3.05, 3.63) is 101 Å². The van der Waals surface area contributed by atoms with Gasteiger partial charge in [-0.25, -0.2) is 15.0 Å². The van der Waals surface area contributed by atoms with E-state index in [9.17, 15) is 14.4 Å². The van der Waals surface area contributed by atoms with Crippen LogP contribution in [-0.4, -0.2) is 5.78 Å². The Kier molecular flexibility index (Phi) is 4.65. The van der Waals surface area contributed by atoms with Gasteiger partial charge in [0.1, 0.15) is 5.82 Å². The highest BCUT2D eigenvalue weighted by molar-refractivity contribution is 6.11. The van der Waals surface area contributed by atoms with Gasteiger partial charge in [0.25, 0.3) is 0 Å². The lowest BCUT2D eigenvalue weighted by atomic mass is 10.0. The Morgan fingerprint density at radius 1 is 0.833 bits per heavy atom. The van der Waals surface area contributed by atoms with Crippen molar-refractivity contribution in [3.63, 3.8) is 0 Å². The molecule has 0 saturated carbocycles. The topological polar surface area (TPSA) is 56.6 Å². The molecule has 1 atom stereocenters. The zero-order valence-electron chi connectivity index (χ0n) is 12.7. The summed E-state index contributed by atoms with van der Waals surface area (Å²) >= 11 is 0. The van der Waals surface area contributed by atoms with Crippen LogP contribution >= 0.6 is 0 Å². The molecule has 0 heterocycles. The van der Waals surface area contributed by atoms with Crippen LogP contribution in [-0.2, 0) is 0 Å². The third-order valence-electron chi connectivity index (χ3n) is 3.57. The number of benzene rings is 3. The largest absolute Gasteiger partial charge is 0.603 e. The molecule has 0 aliphatic rings. The molecule has 4 nitrogen and oxygen atoms in total. The summed E-state index contributed by atoms with van der Waals surface area (Å²) < 4.78 is 13.9. The minimum atomic E-state index is -0.610. The quantitative estimate of drug-likeness (QED) is 0.560. The maximum absolute atomic E-state index is 13.9. The number of anilines is 1. The van der Waals surface area contributed by atoms with E-state index in [1.165, 1.54) is 24.3 Å². The lowest BCUT2D eigenvalue weighted by Crippen LogP contribution is -3.06. The van der Waals surface area contributed by atoms with Crippen molar-refractivity contribution in [3.8, 4) is 0 Å². The van der Waals surface area contributed by atoms with E-state index in [0.717, 1.165) is 0 Å². The molecule has 0 aliphatic heterocycles. The molecule has 1 unspecified atom stereocenters. The second kappa shape index (κ2) is 7.04. The van der Waals surface area contributed by atoms with Crippen molar-refractivity contribution < 1.29 is 14.4 Å². The summed E-state index contributed by atoms with van der Waals surface area (Å²) in [5.74, 6) is -1.13. The number of hydrogen-bond donors (Lipinski definition) is 2. The number of ketones is 1. The summed E-state index contributed by atoms with van der Waals surface area (Å²) in [5.41, 5.74) is 3.66. The first-order valence-corrected chi connectivity index (χ1v) is 7.41. The fourth-order valence-electron chi connectivity index (χ4n) is 2.39. The van der Waals surface area contributed by atoms with E-state index in [-0.39, 0.29) is 16.8 Å². The molecule has 0 bridgehead atoms. The van der Waals surface area contributed by atoms with Crippen molar-refractivity contribution in [2.45, 2.75) is 0 Å². The summed E-state index contributed by atoms with van der Waals surface area (Å²) in [6, 6.07) is 21.0. The summed E-state index contributed by atoms with van der Waals surface area (Å²) in [4.78, 5) is 12.6. The number of para-hydroxylation sites is 2. The van der Waals surface area contributed by atoms with Crippen molar-refractivity contribution in [1.82, 2.24) is 0 Å². The maximum atomic E-state index is 13.9. The number of halogens is 1. The summed E-state index contributed by atoms with van der Waals surface area (Å²) in [6.45, 7) is 0. The van der Waals surface area contributed by atoms with Gasteiger partial charge in [-0.15, -0.1) is 0 Å². The van der Waals surface area contributed by atoms with Crippen LogP contribution < -0.4 is 10.6 Å². The maximum Gasteiger partial charge on any atom is 0.202 e. The van der Waals surface area contributed by atoms with Gasteiger partial charge in [0.05, 0.1) is 16.8 Å². The van der Waals surface area contributed by atoms with Gasteiger partial charge in [-0.05, 0) is 30.3 Å². The predicted octanol–water partition coefficient (Wildman–Crippen LogP) is 3.10. The van der Waals surface area contributed by atoms with E-state index in [1.807, 2.05) is 6.07 Å².